The van der Waals surface area contributed by atoms with Gasteiger partial charge in [0, 0.05) is 11.8 Å². The molecule has 1 aliphatic heterocycles. The summed E-state index contributed by atoms with van der Waals surface area (Å²) in [5, 5.41) is 0. The number of imidazole rings is 1. The number of rotatable bonds is 1. The highest BCUT2D eigenvalue weighted by Gasteiger charge is 2.17. The van der Waals surface area contributed by atoms with E-state index in [-0.39, 0.29) is 12.6 Å². The summed E-state index contributed by atoms with van der Waals surface area (Å²) in [5.41, 5.74) is 8.03. The summed E-state index contributed by atoms with van der Waals surface area (Å²) < 4.78 is 25.4. The molecule has 0 aliphatic carbocycles. The second-order valence-electron chi connectivity index (χ2n) is 4.49. The van der Waals surface area contributed by atoms with E-state index in [9.17, 15) is 4.39 Å². The molecular weight excluding hydrogens is 261 g/mol. The van der Waals surface area contributed by atoms with Crippen molar-refractivity contribution in [3.63, 3.8) is 0 Å². The fourth-order valence-electron chi connectivity index (χ4n) is 2.29. The third kappa shape index (κ3) is 1.51. The van der Waals surface area contributed by atoms with Crippen LogP contribution in [0.5, 0.6) is 11.5 Å². The number of ether oxygens (including phenoxy) is 2. The van der Waals surface area contributed by atoms with Crippen LogP contribution in [0.1, 0.15) is 0 Å². The van der Waals surface area contributed by atoms with Crippen molar-refractivity contribution in [2.24, 2.45) is 0 Å². The quantitative estimate of drug-likeness (QED) is 0.738. The van der Waals surface area contributed by atoms with Gasteiger partial charge in [-0.05, 0) is 30.3 Å². The lowest BCUT2D eigenvalue weighted by molar-refractivity contribution is 0.174. The van der Waals surface area contributed by atoms with Gasteiger partial charge in [-0.1, -0.05) is 0 Å². The summed E-state index contributed by atoms with van der Waals surface area (Å²) in [4.78, 5) is 4.42. The zero-order valence-electron chi connectivity index (χ0n) is 10.3. The van der Waals surface area contributed by atoms with E-state index in [1.165, 1.54) is 16.7 Å². The summed E-state index contributed by atoms with van der Waals surface area (Å²) >= 11 is 0. The first-order valence-electron chi connectivity index (χ1n) is 6.05. The molecule has 0 spiro atoms. The molecule has 0 saturated carbocycles. The van der Waals surface area contributed by atoms with Crippen molar-refractivity contribution in [1.29, 1.82) is 0 Å². The minimum absolute atomic E-state index is 0.213. The van der Waals surface area contributed by atoms with Gasteiger partial charge in [0.1, 0.15) is 23.0 Å². The van der Waals surface area contributed by atoms with Gasteiger partial charge in [0.15, 0.2) is 11.5 Å². The Labute approximate surface area is 113 Å². The highest BCUT2D eigenvalue weighted by molar-refractivity contribution is 5.76. The zero-order valence-corrected chi connectivity index (χ0v) is 10.3. The van der Waals surface area contributed by atoms with Gasteiger partial charge in [-0.15, -0.1) is 0 Å². The van der Waals surface area contributed by atoms with Crippen molar-refractivity contribution in [3.8, 4) is 22.8 Å². The number of hydrogen-bond donors (Lipinski definition) is 1. The van der Waals surface area contributed by atoms with Crippen molar-refractivity contribution < 1.29 is 13.9 Å². The van der Waals surface area contributed by atoms with E-state index in [4.69, 9.17) is 15.2 Å². The second kappa shape index (κ2) is 3.86. The molecule has 0 radical (unpaired) electrons. The third-order valence-electron chi connectivity index (χ3n) is 3.27. The van der Waals surface area contributed by atoms with Crippen molar-refractivity contribution in [2.45, 2.75) is 0 Å². The molecule has 1 aromatic carbocycles. The number of aromatic nitrogens is 2. The van der Waals surface area contributed by atoms with E-state index in [1.54, 1.807) is 6.07 Å². The molecule has 0 atom stereocenters. The van der Waals surface area contributed by atoms with Gasteiger partial charge in [0.05, 0.1) is 0 Å². The van der Waals surface area contributed by atoms with Crippen LogP contribution in [0.3, 0.4) is 0 Å². The molecule has 4 rings (SSSR count). The largest absolute Gasteiger partial charge is 0.454 e. The van der Waals surface area contributed by atoms with Crippen LogP contribution in [0.25, 0.3) is 16.9 Å². The molecule has 5 nitrogen and oxygen atoms in total. The number of nitrogen functional groups attached to an aromatic ring is 1. The van der Waals surface area contributed by atoms with E-state index in [2.05, 4.69) is 4.98 Å². The number of anilines is 1. The van der Waals surface area contributed by atoms with Crippen LogP contribution in [0.4, 0.5) is 10.2 Å². The lowest BCUT2D eigenvalue weighted by Gasteiger charge is -2.01. The maximum atomic E-state index is 13.3. The summed E-state index contributed by atoms with van der Waals surface area (Å²) in [6.07, 6.45) is 1.31. The Morgan fingerprint density at radius 1 is 1.15 bits per heavy atom. The Morgan fingerprint density at radius 2 is 2.00 bits per heavy atom. The van der Waals surface area contributed by atoms with Gasteiger partial charge in [-0.3, -0.25) is 4.40 Å². The molecule has 20 heavy (non-hydrogen) atoms. The molecule has 0 fully saturated rings. The number of fused-ring (bicyclic) bond motifs is 2. The highest BCUT2D eigenvalue weighted by Crippen LogP contribution is 2.37. The average molecular weight is 271 g/mol. The number of nitrogens with zero attached hydrogens (tertiary/aromatic N) is 2. The minimum Gasteiger partial charge on any atom is -0.454 e. The Bertz CT molecular complexity index is 829. The van der Waals surface area contributed by atoms with E-state index >= 15 is 0 Å². The van der Waals surface area contributed by atoms with Crippen molar-refractivity contribution in [2.75, 3.05) is 12.5 Å². The van der Waals surface area contributed by atoms with E-state index < -0.39 is 0 Å². The van der Waals surface area contributed by atoms with E-state index in [1.807, 2.05) is 18.2 Å². The van der Waals surface area contributed by atoms with Gasteiger partial charge in [-0.2, -0.15) is 0 Å². The highest BCUT2D eigenvalue weighted by atomic mass is 19.1. The second-order valence-corrected chi connectivity index (χ2v) is 4.49. The first kappa shape index (κ1) is 11.1. The number of nitrogens with two attached hydrogens (primary N) is 1. The van der Waals surface area contributed by atoms with Gasteiger partial charge in [0.25, 0.3) is 0 Å². The number of halogens is 1. The Hall–Kier alpha value is -2.76. The first-order valence-corrected chi connectivity index (χ1v) is 6.05. The van der Waals surface area contributed by atoms with Gasteiger partial charge in [0.2, 0.25) is 6.79 Å². The smallest absolute Gasteiger partial charge is 0.231 e. The zero-order chi connectivity index (χ0) is 13.7. The SMILES string of the molecule is Nc1c(-c2ccc3c(c2)OCO3)nc2ccc(F)cn12. The maximum Gasteiger partial charge on any atom is 0.231 e. The fourth-order valence-corrected chi connectivity index (χ4v) is 2.29. The molecule has 0 amide bonds. The summed E-state index contributed by atoms with van der Waals surface area (Å²) in [5.74, 6) is 1.38. The Balaban J connectivity index is 1.92. The number of pyridine rings is 1. The lowest BCUT2D eigenvalue weighted by atomic mass is 10.1. The van der Waals surface area contributed by atoms with Crippen LogP contribution in [0.2, 0.25) is 0 Å². The predicted octanol–water partition coefficient (Wildman–Crippen LogP) is 2.45. The molecule has 0 bridgehead atoms. The van der Waals surface area contributed by atoms with Crippen LogP contribution >= 0.6 is 0 Å². The van der Waals surface area contributed by atoms with Crippen LogP contribution in [-0.2, 0) is 0 Å². The van der Waals surface area contributed by atoms with Crippen LogP contribution in [-0.4, -0.2) is 16.2 Å². The van der Waals surface area contributed by atoms with E-state index in [0.29, 0.717) is 28.7 Å². The molecular formula is C14H10FN3O2. The van der Waals surface area contributed by atoms with Crippen LogP contribution in [0, 0.1) is 5.82 Å². The maximum absolute atomic E-state index is 13.3. The van der Waals surface area contributed by atoms with Crippen molar-refractivity contribution in [3.05, 3.63) is 42.3 Å². The molecule has 0 saturated heterocycles. The number of benzene rings is 1. The molecule has 3 heterocycles. The minimum atomic E-state index is -0.362. The normalized spacial score (nSPS) is 13.1. The van der Waals surface area contributed by atoms with E-state index in [0.717, 1.165) is 5.56 Å². The van der Waals surface area contributed by atoms with Gasteiger partial charge >= 0.3 is 0 Å². The number of hydrogen-bond acceptors (Lipinski definition) is 4. The Morgan fingerprint density at radius 3 is 2.90 bits per heavy atom. The van der Waals surface area contributed by atoms with Crippen molar-refractivity contribution in [1.82, 2.24) is 9.38 Å². The summed E-state index contributed by atoms with van der Waals surface area (Å²) in [7, 11) is 0. The van der Waals surface area contributed by atoms with Crippen molar-refractivity contribution >= 4 is 11.5 Å². The van der Waals surface area contributed by atoms with Crippen LogP contribution in [0.15, 0.2) is 36.5 Å². The van der Waals surface area contributed by atoms with Gasteiger partial charge in [-0.25, -0.2) is 9.37 Å². The lowest BCUT2D eigenvalue weighted by Crippen LogP contribution is -1.95. The molecule has 1 aliphatic rings. The monoisotopic (exact) mass is 271 g/mol. The molecule has 0 unspecified atom stereocenters. The standard InChI is InChI=1S/C14H10FN3O2/c15-9-2-4-12-17-13(14(16)18(12)6-9)8-1-3-10-11(5-8)20-7-19-10/h1-6H,7,16H2. The topological polar surface area (TPSA) is 61.8 Å². The molecule has 100 valence electrons. The molecule has 2 N–H and O–H groups in total. The van der Waals surface area contributed by atoms with Gasteiger partial charge < -0.3 is 15.2 Å². The Kier molecular flexibility index (Phi) is 2.14. The van der Waals surface area contributed by atoms with Crippen LogP contribution < -0.4 is 15.2 Å². The molecule has 3 aromatic rings. The summed E-state index contributed by atoms with van der Waals surface area (Å²) in [6, 6.07) is 8.41. The average Bonchev–Trinajstić information content (AvgIpc) is 3.03. The first-order chi connectivity index (χ1) is 9.72. The third-order valence-corrected chi connectivity index (χ3v) is 3.27. The predicted molar refractivity (Wildman–Crippen MR) is 71.1 cm³/mol. The fraction of sp³-hybridized carbons (Fsp3) is 0.0714. The summed E-state index contributed by atoms with van der Waals surface area (Å²) in [6.45, 7) is 0.213. The molecule has 2 aromatic heterocycles. The molecule has 6 heteroatoms.